The summed E-state index contributed by atoms with van der Waals surface area (Å²) >= 11 is 1.31. The Hall–Kier alpha value is -3.31. The Kier molecular flexibility index (Phi) is 12.8. The number of hydrogen-bond donors (Lipinski definition) is 4. The van der Waals surface area contributed by atoms with E-state index >= 15 is 0 Å². The fraction of sp³-hybridized carbons (Fsp3) is 0.541. The van der Waals surface area contributed by atoms with Crippen molar-refractivity contribution in [3.8, 4) is 0 Å². The van der Waals surface area contributed by atoms with E-state index in [1.54, 1.807) is 6.07 Å². The SMILES string of the molecule is NC1(C(=O)N[C@H](Cc2ccccc2)C(=O)NCC2CCN(CCC3CCOCC3)CC2)CCCC1.O=C(O)c1cc2ccccc2s1. The van der Waals surface area contributed by atoms with E-state index in [2.05, 4.69) is 15.5 Å². The van der Waals surface area contributed by atoms with Gasteiger partial charge >= 0.3 is 5.97 Å². The summed E-state index contributed by atoms with van der Waals surface area (Å²) in [7, 11) is 0. The van der Waals surface area contributed by atoms with Gasteiger partial charge in [0.15, 0.2) is 0 Å². The van der Waals surface area contributed by atoms with E-state index in [-0.39, 0.29) is 11.8 Å². The number of benzene rings is 2. The molecule has 3 aromatic rings. The molecule has 3 aliphatic rings. The highest BCUT2D eigenvalue weighted by molar-refractivity contribution is 7.20. The molecule has 0 bridgehead atoms. The molecule has 1 atom stereocenters. The average Bonchev–Trinajstić information content (AvgIpc) is 3.75. The maximum absolute atomic E-state index is 13.2. The minimum absolute atomic E-state index is 0.106. The van der Waals surface area contributed by atoms with E-state index in [1.807, 2.05) is 54.6 Å². The lowest BCUT2D eigenvalue weighted by Crippen LogP contribution is -2.58. The summed E-state index contributed by atoms with van der Waals surface area (Å²) < 4.78 is 6.50. The molecule has 3 fully saturated rings. The number of carbonyl (C=O) groups excluding carboxylic acids is 2. The van der Waals surface area contributed by atoms with Crippen molar-refractivity contribution in [1.82, 2.24) is 15.5 Å². The Morgan fingerprint density at radius 2 is 1.64 bits per heavy atom. The summed E-state index contributed by atoms with van der Waals surface area (Å²) in [5, 5.41) is 15.8. The lowest BCUT2D eigenvalue weighted by molar-refractivity contribution is -0.132. The highest BCUT2D eigenvalue weighted by atomic mass is 32.1. The lowest BCUT2D eigenvalue weighted by atomic mass is 9.93. The van der Waals surface area contributed by atoms with Crippen molar-refractivity contribution in [2.45, 2.75) is 75.8 Å². The van der Waals surface area contributed by atoms with Crippen molar-refractivity contribution in [3.63, 3.8) is 0 Å². The second-order valence-electron chi connectivity index (χ2n) is 13.4. The number of thiophene rings is 1. The Morgan fingerprint density at radius 3 is 2.32 bits per heavy atom. The first-order valence-electron chi connectivity index (χ1n) is 17.2. The van der Waals surface area contributed by atoms with Crippen molar-refractivity contribution in [3.05, 3.63) is 71.1 Å². The Labute approximate surface area is 282 Å². The number of ether oxygens (including phenoxy) is 1. The fourth-order valence-corrected chi connectivity index (χ4v) is 7.77. The van der Waals surface area contributed by atoms with Crippen molar-refractivity contribution in [2.75, 3.05) is 39.4 Å². The molecule has 0 unspecified atom stereocenters. The molecule has 2 amide bonds. The Balaban J connectivity index is 0.000000301. The number of rotatable bonds is 11. The number of carboxylic acids is 1. The predicted molar refractivity (Wildman–Crippen MR) is 187 cm³/mol. The van der Waals surface area contributed by atoms with Crippen LogP contribution in [-0.2, 0) is 20.7 Å². The fourth-order valence-electron chi connectivity index (χ4n) is 6.86. The molecule has 2 aromatic carbocycles. The minimum atomic E-state index is -0.851. The molecule has 1 aliphatic carbocycles. The summed E-state index contributed by atoms with van der Waals surface area (Å²) in [4.78, 5) is 39.7. The molecule has 10 heteroatoms. The van der Waals surface area contributed by atoms with Crippen LogP contribution in [0.1, 0.15) is 73.0 Å². The van der Waals surface area contributed by atoms with Gasteiger partial charge in [0.05, 0.1) is 5.54 Å². The van der Waals surface area contributed by atoms with Crippen molar-refractivity contribution in [1.29, 1.82) is 0 Å². The normalized spacial score (nSPS) is 19.4. The molecule has 1 saturated carbocycles. The third kappa shape index (κ3) is 10.3. The van der Waals surface area contributed by atoms with Crippen molar-refractivity contribution < 1.29 is 24.2 Å². The molecule has 254 valence electrons. The molecular formula is C37H50N4O5S. The second kappa shape index (κ2) is 17.2. The monoisotopic (exact) mass is 662 g/mol. The molecule has 0 spiro atoms. The quantitative estimate of drug-likeness (QED) is 0.221. The highest BCUT2D eigenvalue weighted by Gasteiger charge is 2.39. The van der Waals surface area contributed by atoms with Gasteiger partial charge in [-0.25, -0.2) is 4.79 Å². The smallest absolute Gasteiger partial charge is 0.345 e. The van der Waals surface area contributed by atoms with Crippen molar-refractivity contribution >= 4 is 39.2 Å². The zero-order valence-electron chi connectivity index (χ0n) is 27.3. The molecule has 9 nitrogen and oxygen atoms in total. The summed E-state index contributed by atoms with van der Waals surface area (Å²) in [6, 6.07) is 18.6. The van der Waals surface area contributed by atoms with Crippen LogP contribution in [0.15, 0.2) is 60.7 Å². The van der Waals surface area contributed by atoms with Crippen LogP contribution in [0, 0.1) is 11.8 Å². The number of piperidine rings is 1. The number of nitrogens with two attached hydrogens (primary N) is 1. The second-order valence-corrected chi connectivity index (χ2v) is 14.5. The molecule has 2 aliphatic heterocycles. The first-order chi connectivity index (χ1) is 22.8. The van der Waals surface area contributed by atoms with Gasteiger partial charge in [0.2, 0.25) is 11.8 Å². The minimum Gasteiger partial charge on any atom is -0.477 e. The predicted octanol–water partition coefficient (Wildman–Crippen LogP) is 5.23. The largest absolute Gasteiger partial charge is 0.477 e. The summed E-state index contributed by atoms with van der Waals surface area (Å²) in [6.45, 7) is 5.89. The number of carbonyl (C=O) groups is 3. The van der Waals surface area contributed by atoms with E-state index in [4.69, 9.17) is 15.6 Å². The van der Waals surface area contributed by atoms with Gasteiger partial charge in [0, 0.05) is 30.9 Å². The number of likely N-dealkylation sites (tertiary alicyclic amines) is 1. The van der Waals surface area contributed by atoms with Gasteiger partial charge in [-0.15, -0.1) is 11.3 Å². The summed E-state index contributed by atoms with van der Waals surface area (Å²) in [5.74, 6) is 0.155. The third-order valence-corrected chi connectivity index (χ3v) is 11.1. The highest BCUT2D eigenvalue weighted by Crippen LogP contribution is 2.28. The van der Waals surface area contributed by atoms with Gasteiger partial charge in [-0.1, -0.05) is 61.4 Å². The Bertz CT molecular complexity index is 1410. The molecule has 0 radical (unpaired) electrons. The van der Waals surface area contributed by atoms with Crippen LogP contribution < -0.4 is 16.4 Å². The molecular weight excluding hydrogens is 612 g/mol. The van der Waals surface area contributed by atoms with E-state index in [9.17, 15) is 14.4 Å². The molecule has 6 rings (SSSR count). The maximum atomic E-state index is 13.2. The zero-order chi connectivity index (χ0) is 33.1. The van der Waals surface area contributed by atoms with Gasteiger partial charge in [0.1, 0.15) is 10.9 Å². The first-order valence-corrected chi connectivity index (χ1v) is 18.0. The van der Waals surface area contributed by atoms with Crippen LogP contribution in [0.4, 0.5) is 0 Å². The van der Waals surface area contributed by atoms with Crippen LogP contribution in [0.3, 0.4) is 0 Å². The lowest BCUT2D eigenvalue weighted by Gasteiger charge is -2.33. The number of carboxylic acid groups (broad SMARTS) is 1. The van der Waals surface area contributed by atoms with Gasteiger partial charge in [0.25, 0.3) is 0 Å². The summed E-state index contributed by atoms with van der Waals surface area (Å²) in [5.41, 5.74) is 6.56. The molecule has 2 saturated heterocycles. The molecule has 47 heavy (non-hydrogen) atoms. The van der Waals surface area contributed by atoms with Crippen LogP contribution in [-0.4, -0.2) is 78.8 Å². The van der Waals surface area contributed by atoms with Gasteiger partial charge in [-0.3, -0.25) is 9.59 Å². The number of aromatic carboxylic acids is 1. The number of amides is 2. The van der Waals surface area contributed by atoms with Gasteiger partial charge in [-0.2, -0.15) is 0 Å². The van der Waals surface area contributed by atoms with Gasteiger partial charge < -0.3 is 31.1 Å². The number of hydrogen-bond acceptors (Lipinski definition) is 7. The van der Waals surface area contributed by atoms with E-state index in [1.165, 1.54) is 37.1 Å². The van der Waals surface area contributed by atoms with E-state index in [0.29, 0.717) is 36.6 Å². The van der Waals surface area contributed by atoms with Gasteiger partial charge in [-0.05, 0) is 99.5 Å². The van der Waals surface area contributed by atoms with Crippen LogP contribution in [0.25, 0.3) is 10.1 Å². The maximum Gasteiger partial charge on any atom is 0.345 e. The average molecular weight is 663 g/mol. The van der Waals surface area contributed by atoms with E-state index < -0.39 is 17.6 Å². The molecule has 5 N–H and O–H groups in total. The van der Waals surface area contributed by atoms with E-state index in [0.717, 1.165) is 73.6 Å². The summed E-state index contributed by atoms with van der Waals surface area (Å²) in [6.07, 6.45) is 9.67. The molecule has 1 aromatic heterocycles. The topological polar surface area (TPSA) is 134 Å². The zero-order valence-corrected chi connectivity index (χ0v) is 28.1. The number of fused-ring (bicyclic) bond motifs is 1. The first kappa shape index (κ1) is 35.0. The van der Waals surface area contributed by atoms with Crippen LogP contribution in [0.5, 0.6) is 0 Å². The number of nitrogens with zero attached hydrogens (tertiary/aromatic N) is 1. The standard InChI is InChI=1S/C28H44N4O3.C9H6O2S/c29-28(13-4-5-14-28)27(34)31-25(20-23-6-2-1-3-7-23)26(33)30-21-24-9-16-32(17-10-24)15-8-22-11-18-35-19-12-22;10-9(11)8-5-6-3-1-2-4-7(6)12-8/h1-3,6-7,22,24-25H,4-5,8-21,29H2,(H,30,33)(H,31,34);1-5H,(H,10,11)/t25-;/m1./s1. The van der Waals surface area contributed by atoms with Crippen molar-refractivity contribution in [2.24, 2.45) is 17.6 Å². The third-order valence-electron chi connectivity index (χ3n) is 9.96. The molecule has 3 heterocycles. The Morgan fingerprint density at radius 1 is 0.957 bits per heavy atom. The van der Waals surface area contributed by atoms with Crippen LogP contribution >= 0.6 is 11.3 Å². The van der Waals surface area contributed by atoms with Crippen LogP contribution in [0.2, 0.25) is 0 Å². The number of nitrogens with one attached hydrogen (secondary N) is 2.